The van der Waals surface area contributed by atoms with E-state index in [1.807, 2.05) is 30.3 Å². The lowest BCUT2D eigenvalue weighted by Crippen LogP contribution is -2.10. The molecular weight excluding hydrogens is 302 g/mol. The summed E-state index contributed by atoms with van der Waals surface area (Å²) in [5, 5.41) is 2.30. The van der Waals surface area contributed by atoms with Crippen LogP contribution in [0.15, 0.2) is 66.7 Å². The van der Waals surface area contributed by atoms with E-state index in [0.29, 0.717) is 5.75 Å². The normalized spacial score (nSPS) is 11.7. The van der Waals surface area contributed by atoms with Crippen molar-refractivity contribution < 1.29 is 14.3 Å². The molecule has 0 heterocycles. The summed E-state index contributed by atoms with van der Waals surface area (Å²) in [4.78, 5) is 22.7. The first-order chi connectivity index (χ1) is 11.6. The maximum atomic E-state index is 11.9. The Morgan fingerprint density at radius 2 is 1.50 bits per heavy atom. The average Bonchev–Trinajstić information content (AvgIpc) is 2.91. The van der Waals surface area contributed by atoms with Crippen molar-refractivity contribution in [1.29, 1.82) is 0 Å². The van der Waals surface area contributed by atoms with Gasteiger partial charge in [0, 0.05) is 17.7 Å². The number of esters is 1. The van der Waals surface area contributed by atoms with Gasteiger partial charge in [0.05, 0.1) is 0 Å². The molecule has 1 aliphatic rings. The zero-order chi connectivity index (χ0) is 16.7. The summed E-state index contributed by atoms with van der Waals surface area (Å²) in [6.45, 7) is 0. The van der Waals surface area contributed by atoms with Crippen LogP contribution in [0.3, 0.4) is 0 Å². The number of hydrogen-bond donors (Lipinski definition) is 1. The monoisotopic (exact) mass is 315 g/mol. The Labute approximate surface area is 138 Å². The predicted molar refractivity (Wildman–Crippen MR) is 92.3 cm³/mol. The number of primary amides is 1. The fourth-order valence-corrected chi connectivity index (χ4v) is 3.18. The SMILES string of the molecule is NC(=O)/C=C\C(=O)Oc1cccc2c1-c1cccc3cccc-2c13. The van der Waals surface area contributed by atoms with Gasteiger partial charge in [-0.05, 0) is 33.5 Å². The van der Waals surface area contributed by atoms with Crippen molar-refractivity contribution in [3.8, 4) is 28.0 Å². The van der Waals surface area contributed by atoms with E-state index in [2.05, 4.69) is 18.2 Å². The first kappa shape index (κ1) is 14.2. The van der Waals surface area contributed by atoms with Crippen molar-refractivity contribution in [1.82, 2.24) is 0 Å². The highest BCUT2D eigenvalue weighted by molar-refractivity contribution is 6.16. The van der Waals surface area contributed by atoms with Crippen LogP contribution in [-0.4, -0.2) is 11.9 Å². The van der Waals surface area contributed by atoms with Gasteiger partial charge in [0.25, 0.3) is 0 Å². The van der Waals surface area contributed by atoms with Gasteiger partial charge in [-0.15, -0.1) is 0 Å². The third kappa shape index (κ3) is 2.16. The molecule has 0 saturated carbocycles. The van der Waals surface area contributed by atoms with Gasteiger partial charge in [-0.3, -0.25) is 4.79 Å². The number of fused-ring (bicyclic) bond motifs is 3. The Kier molecular flexibility index (Phi) is 3.17. The molecule has 0 atom stereocenters. The van der Waals surface area contributed by atoms with E-state index in [-0.39, 0.29) is 0 Å². The van der Waals surface area contributed by atoms with E-state index < -0.39 is 11.9 Å². The number of carbonyl (C=O) groups excluding carboxylic acids is 2. The molecule has 0 spiro atoms. The van der Waals surface area contributed by atoms with Crippen molar-refractivity contribution in [3.05, 3.63) is 66.7 Å². The molecule has 0 unspecified atom stereocenters. The Hall–Kier alpha value is -3.40. The van der Waals surface area contributed by atoms with Gasteiger partial charge in [0.15, 0.2) is 0 Å². The first-order valence-electron chi connectivity index (χ1n) is 7.50. The van der Waals surface area contributed by atoms with Crippen molar-refractivity contribution in [2.45, 2.75) is 0 Å². The Morgan fingerprint density at radius 3 is 2.25 bits per heavy atom. The number of hydrogen-bond acceptors (Lipinski definition) is 3. The summed E-state index contributed by atoms with van der Waals surface area (Å²) < 4.78 is 5.44. The third-order valence-electron chi connectivity index (χ3n) is 4.08. The van der Waals surface area contributed by atoms with Gasteiger partial charge in [-0.2, -0.15) is 0 Å². The summed E-state index contributed by atoms with van der Waals surface area (Å²) in [5.74, 6) is -0.858. The minimum Gasteiger partial charge on any atom is -0.423 e. The molecule has 2 N–H and O–H groups in total. The van der Waals surface area contributed by atoms with Crippen LogP contribution in [0.4, 0.5) is 0 Å². The van der Waals surface area contributed by atoms with E-state index >= 15 is 0 Å². The van der Waals surface area contributed by atoms with Gasteiger partial charge < -0.3 is 10.5 Å². The Morgan fingerprint density at radius 1 is 0.833 bits per heavy atom. The van der Waals surface area contributed by atoms with Crippen molar-refractivity contribution >= 4 is 22.6 Å². The molecule has 0 aliphatic heterocycles. The van der Waals surface area contributed by atoms with E-state index in [9.17, 15) is 9.59 Å². The van der Waals surface area contributed by atoms with Gasteiger partial charge >= 0.3 is 5.97 Å². The molecule has 0 bridgehead atoms. The van der Waals surface area contributed by atoms with Crippen LogP contribution in [0.5, 0.6) is 5.75 Å². The highest BCUT2D eigenvalue weighted by Gasteiger charge is 2.24. The number of amides is 1. The highest BCUT2D eigenvalue weighted by Crippen LogP contribution is 2.50. The molecule has 1 aliphatic carbocycles. The standard InChI is InChI=1S/C20H13NO3/c21-17(22)10-11-18(23)24-16-9-3-7-14-13-6-1-4-12-5-2-8-15(19(12)13)20(14)16/h1-11H,(H2,21,22)/b11-10-. The predicted octanol–water partition coefficient (Wildman–Crippen LogP) is 3.43. The molecule has 4 nitrogen and oxygen atoms in total. The zero-order valence-electron chi connectivity index (χ0n) is 12.7. The zero-order valence-corrected chi connectivity index (χ0v) is 12.7. The van der Waals surface area contributed by atoms with Crippen LogP contribution in [0.25, 0.3) is 33.0 Å². The number of benzene rings is 3. The lowest BCUT2D eigenvalue weighted by atomic mass is 10.0. The summed E-state index contributed by atoms with van der Waals surface area (Å²) in [6.07, 6.45) is 2.02. The fourth-order valence-electron chi connectivity index (χ4n) is 3.18. The average molecular weight is 315 g/mol. The first-order valence-corrected chi connectivity index (χ1v) is 7.50. The van der Waals surface area contributed by atoms with Crippen molar-refractivity contribution in [2.75, 3.05) is 0 Å². The molecule has 0 saturated heterocycles. The molecule has 24 heavy (non-hydrogen) atoms. The lowest BCUT2D eigenvalue weighted by molar-refractivity contribution is -0.129. The lowest BCUT2D eigenvalue weighted by Gasteiger charge is -2.09. The van der Waals surface area contributed by atoms with E-state index in [1.165, 1.54) is 0 Å². The number of carbonyl (C=O) groups is 2. The second kappa shape index (κ2) is 5.35. The van der Waals surface area contributed by atoms with Gasteiger partial charge in [-0.25, -0.2) is 4.79 Å². The second-order valence-corrected chi connectivity index (χ2v) is 5.54. The van der Waals surface area contributed by atoms with Gasteiger partial charge in [0.1, 0.15) is 5.75 Å². The van der Waals surface area contributed by atoms with Crippen LogP contribution in [0.1, 0.15) is 0 Å². The molecule has 116 valence electrons. The molecule has 0 fully saturated rings. The van der Waals surface area contributed by atoms with Crippen LogP contribution < -0.4 is 10.5 Å². The second-order valence-electron chi connectivity index (χ2n) is 5.54. The molecule has 0 aromatic heterocycles. The highest BCUT2D eigenvalue weighted by atomic mass is 16.5. The van der Waals surface area contributed by atoms with Crippen LogP contribution in [0.2, 0.25) is 0 Å². The maximum Gasteiger partial charge on any atom is 0.336 e. The smallest absolute Gasteiger partial charge is 0.336 e. The van der Waals surface area contributed by atoms with E-state index in [0.717, 1.165) is 45.2 Å². The van der Waals surface area contributed by atoms with Crippen molar-refractivity contribution in [2.24, 2.45) is 5.73 Å². The number of rotatable bonds is 3. The molecule has 4 heteroatoms. The summed E-state index contributed by atoms with van der Waals surface area (Å²) in [7, 11) is 0. The summed E-state index contributed by atoms with van der Waals surface area (Å²) in [6, 6.07) is 17.8. The third-order valence-corrected chi connectivity index (χ3v) is 4.08. The van der Waals surface area contributed by atoms with Gasteiger partial charge in [-0.1, -0.05) is 48.5 Å². The Balaban J connectivity index is 1.84. The van der Waals surface area contributed by atoms with Crippen LogP contribution in [0, 0.1) is 0 Å². The fraction of sp³-hybridized carbons (Fsp3) is 0. The summed E-state index contributed by atoms with van der Waals surface area (Å²) in [5.41, 5.74) is 9.10. The van der Waals surface area contributed by atoms with Crippen LogP contribution >= 0.6 is 0 Å². The molecule has 0 radical (unpaired) electrons. The minimum atomic E-state index is -0.692. The quantitative estimate of drug-likeness (QED) is 0.358. The molecule has 3 aromatic rings. The minimum absolute atomic E-state index is 0.468. The maximum absolute atomic E-state index is 11.9. The largest absolute Gasteiger partial charge is 0.423 e. The molecule has 1 amide bonds. The molecule has 3 aromatic carbocycles. The van der Waals surface area contributed by atoms with E-state index in [4.69, 9.17) is 10.5 Å². The van der Waals surface area contributed by atoms with Crippen molar-refractivity contribution in [3.63, 3.8) is 0 Å². The number of nitrogens with two attached hydrogens (primary N) is 1. The van der Waals surface area contributed by atoms with Crippen LogP contribution in [-0.2, 0) is 9.59 Å². The van der Waals surface area contributed by atoms with E-state index in [1.54, 1.807) is 6.07 Å². The molecule has 4 rings (SSSR count). The van der Waals surface area contributed by atoms with Gasteiger partial charge in [0.2, 0.25) is 5.91 Å². The topological polar surface area (TPSA) is 69.4 Å². The summed E-state index contributed by atoms with van der Waals surface area (Å²) >= 11 is 0. The Bertz CT molecular complexity index is 1030. The molecular formula is C20H13NO3. The number of ether oxygens (including phenoxy) is 1.